The summed E-state index contributed by atoms with van der Waals surface area (Å²) in [6, 6.07) is 6.13. The first-order valence-electron chi connectivity index (χ1n) is 10.7. The third-order valence-electron chi connectivity index (χ3n) is 5.76. The van der Waals surface area contributed by atoms with Gasteiger partial charge in [-0.3, -0.25) is 0 Å². The number of methoxy groups -OCH3 is 1. The van der Waals surface area contributed by atoms with E-state index in [1.165, 1.54) is 12.0 Å². The molecule has 0 saturated heterocycles. The number of hydrogen-bond acceptors (Lipinski definition) is 5. The molecule has 1 heterocycles. The number of benzene rings is 1. The van der Waals surface area contributed by atoms with Crippen LogP contribution in [0.15, 0.2) is 18.2 Å². The minimum atomic E-state index is -0.542. The van der Waals surface area contributed by atoms with Crippen LogP contribution in [0.3, 0.4) is 0 Å². The zero-order valence-electron chi connectivity index (χ0n) is 19.6. The van der Waals surface area contributed by atoms with Gasteiger partial charge in [-0.05, 0) is 72.4 Å². The van der Waals surface area contributed by atoms with Gasteiger partial charge in [-0.2, -0.15) is 0 Å². The Bertz CT molecular complexity index is 872. The lowest BCUT2D eigenvalue weighted by molar-refractivity contribution is 0.0216. The summed E-state index contributed by atoms with van der Waals surface area (Å²) in [7, 11) is 1.43. The van der Waals surface area contributed by atoms with Crippen LogP contribution in [0.25, 0.3) is 11.1 Å². The molecule has 5 heteroatoms. The van der Waals surface area contributed by atoms with Gasteiger partial charge in [0.1, 0.15) is 17.2 Å². The minimum absolute atomic E-state index is 0.226. The topological polar surface area (TPSA) is 55.8 Å². The summed E-state index contributed by atoms with van der Waals surface area (Å²) < 4.78 is 10.9. The second kappa shape index (κ2) is 9.97. The normalized spacial score (nSPS) is 12.9. The van der Waals surface area contributed by atoms with E-state index < -0.39 is 6.10 Å². The summed E-state index contributed by atoms with van der Waals surface area (Å²) in [4.78, 5) is 14.3. The molecule has 30 heavy (non-hydrogen) atoms. The molecule has 0 radical (unpaired) electrons. The summed E-state index contributed by atoms with van der Waals surface area (Å²) in [5, 5.41) is 10.3. The molecule has 0 spiro atoms. The van der Waals surface area contributed by atoms with Crippen molar-refractivity contribution in [1.29, 1.82) is 0 Å². The van der Waals surface area contributed by atoms with Gasteiger partial charge in [-0.1, -0.05) is 40.7 Å². The van der Waals surface area contributed by atoms with Crippen molar-refractivity contribution in [2.45, 2.75) is 73.3 Å². The summed E-state index contributed by atoms with van der Waals surface area (Å²) in [5.41, 5.74) is 3.98. The molecule has 1 aromatic carbocycles. The van der Waals surface area contributed by atoms with Gasteiger partial charge >= 0.3 is 5.97 Å². The molecule has 0 amide bonds. The maximum absolute atomic E-state index is 12.3. The molecule has 1 atom stereocenters. The lowest BCUT2D eigenvalue weighted by Gasteiger charge is -2.26. The van der Waals surface area contributed by atoms with Crippen molar-refractivity contribution in [1.82, 2.24) is 0 Å². The van der Waals surface area contributed by atoms with Crippen molar-refractivity contribution in [2.24, 2.45) is 5.41 Å². The van der Waals surface area contributed by atoms with Gasteiger partial charge in [0.2, 0.25) is 0 Å². The molecule has 0 fully saturated rings. The number of esters is 1. The average Bonchev–Trinajstić information content (AvgIpc) is 3.03. The van der Waals surface area contributed by atoms with E-state index in [1.54, 1.807) is 11.3 Å². The summed E-state index contributed by atoms with van der Waals surface area (Å²) in [6.45, 7) is 14.6. The standard InChI is InChI=1S/C25H36O4S/c1-9-17(10-2)23-21(16(4)22(30-23)24(27)28-8)18-11-12-19(15(3)13-18)29-14-20(26)25(5,6)7/h11-13,17,20,26H,9-10,14H2,1-8H3. The number of thiophene rings is 1. The predicted molar refractivity (Wildman–Crippen MR) is 125 cm³/mol. The molecule has 166 valence electrons. The smallest absolute Gasteiger partial charge is 0.348 e. The zero-order valence-corrected chi connectivity index (χ0v) is 20.4. The van der Waals surface area contributed by atoms with Gasteiger partial charge < -0.3 is 14.6 Å². The fourth-order valence-corrected chi connectivity index (χ4v) is 5.03. The number of rotatable bonds is 8. The summed E-state index contributed by atoms with van der Waals surface area (Å²) in [5.74, 6) is 0.899. The van der Waals surface area contributed by atoms with Crippen LogP contribution in [0.1, 0.15) is 79.1 Å². The van der Waals surface area contributed by atoms with E-state index in [0.717, 1.165) is 40.8 Å². The lowest BCUT2D eigenvalue weighted by atomic mass is 9.90. The van der Waals surface area contributed by atoms with Crippen LogP contribution in [0.5, 0.6) is 5.75 Å². The molecule has 2 rings (SSSR count). The molecule has 1 aromatic heterocycles. The van der Waals surface area contributed by atoms with Crippen LogP contribution in [0.2, 0.25) is 0 Å². The number of aryl methyl sites for hydroxylation is 1. The fourth-order valence-electron chi connectivity index (χ4n) is 3.51. The third kappa shape index (κ3) is 5.25. The van der Waals surface area contributed by atoms with Crippen LogP contribution < -0.4 is 4.74 Å². The number of aliphatic hydroxyl groups is 1. The third-order valence-corrected chi connectivity index (χ3v) is 7.20. The molecule has 0 aliphatic heterocycles. The highest BCUT2D eigenvalue weighted by molar-refractivity contribution is 7.14. The van der Waals surface area contributed by atoms with Gasteiger partial charge in [-0.25, -0.2) is 4.79 Å². The lowest BCUT2D eigenvalue weighted by Crippen LogP contribution is -2.32. The van der Waals surface area contributed by atoms with E-state index in [-0.39, 0.29) is 18.0 Å². The van der Waals surface area contributed by atoms with E-state index in [0.29, 0.717) is 10.8 Å². The van der Waals surface area contributed by atoms with E-state index >= 15 is 0 Å². The van der Waals surface area contributed by atoms with Gasteiger partial charge in [0.15, 0.2) is 0 Å². The van der Waals surface area contributed by atoms with Crippen LogP contribution in [0.4, 0.5) is 0 Å². The zero-order chi connectivity index (χ0) is 22.6. The highest BCUT2D eigenvalue weighted by atomic mass is 32.1. The average molecular weight is 433 g/mol. The SMILES string of the molecule is CCC(CC)c1sc(C(=O)OC)c(C)c1-c1ccc(OCC(O)C(C)(C)C)c(C)c1. The molecule has 0 aliphatic rings. The van der Waals surface area contributed by atoms with E-state index in [4.69, 9.17) is 9.47 Å². The van der Waals surface area contributed by atoms with Crippen LogP contribution in [-0.4, -0.2) is 30.9 Å². The summed E-state index contributed by atoms with van der Waals surface area (Å²) >= 11 is 1.56. The number of ether oxygens (including phenoxy) is 2. The Morgan fingerprint density at radius 1 is 1.17 bits per heavy atom. The highest BCUT2D eigenvalue weighted by Crippen LogP contribution is 2.43. The largest absolute Gasteiger partial charge is 0.491 e. The van der Waals surface area contributed by atoms with Gasteiger partial charge in [0.25, 0.3) is 0 Å². The Kier molecular flexibility index (Phi) is 8.12. The number of aliphatic hydroxyl groups excluding tert-OH is 1. The molecule has 1 unspecified atom stereocenters. The first-order valence-corrected chi connectivity index (χ1v) is 11.5. The Hall–Kier alpha value is -1.85. The highest BCUT2D eigenvalue weighted by Gasteiger charge is 2.26. The van der Waals surface area contributed by atoms with Crippen molar-refractivity contribution < 1.29 is 19.4 Å². The molecule has 2 aromatic rings. The Morgan fingerprint density at radius 3 is 2.30 bits per heavy atom. The number of carbonyl (C=O) groups is 1. The van der Waals surface area contributed by atoms with Crippen molar-refractivity contribution in [3.8, 4) is 16.9 Å². The molecule has 1 N–H and O–H groups in total. The second-order valence-electron chi connectivity index (χ2n) is 8.97. The van der Waals surface area contributed by atoms with E-state index in [1.807, 2.05) is 46.8 Å². The van der Waals surface area contributed by atoms with Crippen LogP contribution >= 0.6 is 11.3 Å². The molecule has 0 aliphatic carbocycles. The molecule has 0 saturated carbocycles. The molecular formula is C25H36O4S. The predicted octanol–water partition coefficient (Wildman–Crippen LogP) is 6.51. The van der Waals surface area contributed by atoms with E-state index in [2.05, 4.69) is 19.9 Å². The Labute approximate surface area is 185 Å². The van der Waals surface area contributed by atoms with E-state index in [9.17, 15) is 9.90 Å². The molecule has 4 nitrogen and oxygen atoms in total. The molecular weight excluding hydrogens is 396 g/mol. The van der Waals surface area contributed by atoms with Crippen LogP contribution in [0, 0.1) is 19.3 Å². The van der Waals surface area contributed by atoms with Gasteiger partial charge in [-0.15, -0.1) is 11.3 Å². The first kappa shape index (κ1) is 24.4. The van der Waals surface area contributed by atoms with Gasteiger partial charge in [0, 0.05) is 4.88 Å². The summed E-state index contributed by atoms with van der Waals surface area (Å²) in [6.07, 6.45) is 1.50. The first-order chi connectivity index (χ1) is 14.0. The second-order valence-corrected chi connectivity index (χ2v) is 10.0. The quantitative estimate of drug-likeness (QED) is 0.483. The fraction of sp³-hybridized carbons (Fsp3) is 0.560. The molecule has 0 bridgehead atoms. The maximum atomic E-state index is 12.3. The van der Waals surface area contributed by atoms with Crippen molar-refractivity contribution in [2.75, 3.05) is 13.7 Å². The Balaban J connectivity index is 2.44. The van der Waals surface area contributed by atoms with Crippen molar-refractivity contribution in [3.63, 3.8) is 0 Å². The monoisotopic (exact) mass is 432 g/mol. The van der Waals surface area contributed by atoms with Gasteiger partial charge in [0.05, 0.1) is 13.2 Å². The Morgan fingerprint density at radius 2 is 1.80 bits per heavy atom. The number of carbonyl (C=O) groups excluding carboxylic acids is 1. The number of hydrogen-bond donors (Lipinski definition) is 1. The van der Waals surface area contributed by atoms with Crippen LogP contribution in [-0.2, 0) is 4.74 Å². The maximum Gasteiger partial charge on any atom is 0.348 e. The van der Waals surface area contributed by atoms with Crippen molar-refractivity contribution in [3.05, 3.63) is 39.1 Å². The van der Waals surface area contributed by atoms with Crippen molar-refractivity contribution >= 4 is 17.3 Å². The minimum Gasteiger partial charge on any atom is -0.491 e.